The quantitative estimate of drug-likeness (QED) is 0.356. The van der Waals surface area contributed by atoms with Gasteiger partial charge in [-0.25, -0.2) is 4.39 Å². The molecule has 114 valence electrons. The first-order valence-electron chi connectivity index (χ1n) is 7.69. The summed E-state index contributed by atoms with van der Waals surface area (Å²) in [5, 5.41) is 0. The molecule has 0 atom stereocenters. The van der Waals surface area contributed by atoms with Gasteiger partial charge in [0.1, 0.15) is 0 Å². The van der Waals surface area contributed by atoms with Gasteiger partial charge in [0.2, 0.25) is 0 Å². The van der Waals surface area contributed by atoms with Crippen molar-refractivity contribution >= 4 is 0 Å². The van der Waals surface area contributed by atoms with Crippen LogP contribution in [0.5, 0.6) is 0 Å². The Labute approximate surface area is 116 Å². The first-order valence-corrected chi connectivity index (χ1v) is 7.69. The fourth-order valence-electron chi connectivity index (χ4n) is 2.46. The number of rotatable bonds is 11. The average molecular weight is 278 g/mol. The minimum Gasteiger partial charge on any atom is -0.205 e. The molecule has 0 bridgehead atoms. The SMILES string of the molecule is CCCCCCC(C)(CCCCCC)C(F)=C(F)F. The second kappa shape index (κ2) is 10.3. The monoisotopic (exact) mass is 278 g/mol. The molecule has 0 fully saturated rings. The van der Waals surface area contributed by atoms with Crippen LogP contribution >= 0.6 is 0 Å². The Morgan fingerprint density at radius 3 is 1.47 bits per heavy atom. The summed E-state index contributed by atoms with van der Waals surface area (Å²) in [5.41, 5.74) is -0.958. The molecule has 0 radical (unpaired) electrons. The van der Waals surface area contributed by atoms with E-state index < -0.39 is 17.3 Å². The Hall–Kier alpha value is -0.470. The molecule has 0 aliphatic rings. The van der Waals surface area contributed by atoms with Crippen LogP contribution in [-0.4, -0.2) is 0 Å². The summed E-state index contributed by atoms with van der Waals surface area (Å²) in [6.07, 6.45) is 6.98. The van der Waals surface area contributed by atoms with Crippen LogP contribution in [0.1, 0.15) is 85.0 Å². The van der Waals surface area contributed by atoms with E-state index in [1.807, 2.05) is 0 Å². The van der Waals surface area contributed by atoms with E-state index in [4.69, 9.17) is 0 Å². The summed E-state index contributed by atoms with van der Waals surface area (Å²) in [7, 11) is 0. The Kier molecular flexibility index (Phi) is 10.1. The van der Waals surface area contributed by atoms with Crippen LogP contribution in [0, 0.1) is 5.41 Å². The van der Waals surface area contributed by atoms with Gasteiger partial charge in [0.25, 0.3) is 0 Å². The number of allylic oxidation sites excluding steroid dienone is 1. The fraction of sp³-hybridized carbons (Fsp3) is 0.875. The van der Waals surface area contributed by atoms with Crippen LogP contribution in [0.3, 0.4) is 0 Å². The topological polar surface area (TPSA) is 0 Å². The highest BCUT2D eigenvalue weighted by atomic mass is 19.3. The molecular formula is C16H29F3. The first-order chi connectivity index (χ1) is 8.98. The van der Waals surface area contributed by atoms with Crippen molar-refractivity contribution in [3.05, 3.63) is 11.9 Å². The lowest BCUT2D eigenvalue weighted by Crippen LogP contribution is -2.18. The lowest BCUT2D eigenvalue weighted by Gasteiger charge is -2.27. The van der Waals surface area contributed by atoms with Gasteiger partial charge in [-0.15, -0.1) is 0 Å². The van der Waals surface area contributed by atoms with Crippen LogP contribution in [0.4, 0.5) is 13.2 Å². The normalized spacial score (nSPS) is 11.7. The molecule has 0 N–H and O–H groups in total. The van der Waals surface area contributed by atoms with Gasteiger partial charge in [-0.3, -0.25) is 0 Å². The number of hydrogen-bond donors (Lipinski definition) is 0. The third-order valence-electron chi connectivity index (χ3n) is 3.86. The number of halogens is 3. The van der Waals surface area contributed by atoms with Gasteiger partial charge in [-0.05, 0) is 12.8 Å². The molecule has 0 aromatic carbocycles. The maximum absolute atomic E-state index is 13.7. The van der Waals surface area contributed by atoms with E-state index in [9.17, 15) is 13.2 Å². The Bertz CT molecular complexity index is 243. The Morgan fingerprint density at radius 1 is 0.737 bits per heavy atom. The highest BCUT2D eigenvalue weighted by Crippen LogP contribution is 2.41. The van der Waals surface area contributed by atoms with E-state index in [1.165, 1.54) is 0 Å². The van der Waals surface area contributed by atoms with E-state index in [2.05, 4.69) is 13.8 Å². The zero-order valence-corrected chi connectivity index (χ0v) is 12.7. The van der Waals surface area contributed by atoms with E-state index in [-0.39, 0.29) is 0 Å². The van der Waals surface area contributed by atoms with Crippen molar-refractivity contribution in [3.63, 3.8) is 0 Å². The molecule has 0 aliphatic carbocycles. The fourth-order valence-corrected chi connectivity index (χ4v) is 2.46. The predicted octanol–water partition coefficient (Wildman–Crippen LogP) is 7.01. The van der Waals surface area contributed by atoms with Gasteiger partial charge in [0.05, 0.1) is 0 Å². The summed E-state index contributed by atoms with van der Waals surface area (Å²) in [6.45, 7) is 5.86. The van der Waals surface area contributed by atoms with Crippen molar-refractivity contribution in [1.29, 1.82) is 0 Å². The van der Waals surface area contributed by atoms with Crippen LogP contribution < -0.4 is 0 Å². The molecule has 0 saturated heterocycles. The number of hydrogen-bond acceptors (Lipinski definition) is 0. The summed E-state index contributed by atoms with van der Waals surface area (Å²) in [5.74, 6) is -1.18. The molecular weight excluding hydrogens is 249 g/mol. The molecule has 0 aliphatic heterocycles. The van der Waals surface area contributed by atoms with Crippen molar-refractivity contribution in [2.24, 2.45) is 5.41 Å². The summed E-state index contributed by atoms with van der Waals surface area (Å²) < 4.78 is 38.9. The molecule has 0 aromatic heterocycles. The molecule has 0 unspecified atom stereocenters. The standard InChI is InChI=1S/C16H29F3/c1-4-6-8-10-12-16(3,14(17)15(18)19)13-11-9-7-5-2/h4-13H2,1-3H3. The molecule has 0 saturated carbocycles. The second-order valence-corrected chi connectivity index (χ2v) is 5.76. The van der Waals surface area contributed by atoms with Crippen molar-refractivity contribution in [2.45, 2.75) is 85.0 Å². The van der Waals surface area contributed by atoms with E-state index in [1.54, 1.807) is 6.92 Å². The van der Waals surface area contributed by atoms with Crippen molar-refractivity contribution < 1.29 is 13.2 Å². The average Bonchev–Trinajstić information content (AvgIpc) is 2.39. The van der Waals surface area contributed by atoms with Gasteiger partial charge < -0.3 is 0 Å². The van der Waals surface area contributed by atoms with Crippen molar-refractivity contribution in [3.8, 4) is 0 Å². The van der Waals surface area contributed by atoms with Gasteiger partial charge in [0.15, 0.2) is 5.83 Å². The Morgan fingerprint density at radius 2 is 1.16 bits per heavy atom. The smallest absolute Gasteiger partial charge is 0.205 e. The third kappa shape index (κ3) is 7.64. The first kappa shape index (κ1) is 18.5. The molecule has 19 heavy (non-hydrogen) atoms. The van der Waals surface area contributed by atoms with Crippen molar-refractivity contribution in [2.75, 3.05) is 0 Å². The highest BCUT2D eigenvalue weighted by molar-refractivity contribution is 5.06. The molecule has 0 spiro atoms. The highest BCUT2D eigenvalue weighted by Gasteiger charge is 2.32. The van der Waals surface area contributed by atoms with E-state index in [0.717, 1.165) is 51.4 Å². The summed E-state index contributed by atoms with van der Waals surface area (Å²) >= 11 is 0. The minimum absolute atomic E-state index is 0.530. The molecule has 0 amide bonds. The second-order valence-electron chi connectivity index (χ2n) is 5.76. The van der Waals surface area contributed by atoms with Gasteiger partial charge in [0, 0.05) is 5.41 Å². The van der Waals surface area contributed by atoms with Crippen LogP contribution in [0.15, 0.2) is 11.9 Å². The van der Waals surface area contributed by atoms with Crippen molar-refractivity contribution in [1.82, 2.24) is 0 Å². The maximum atomic E-state index is 13.7. The Balaban J connectivity index is 4.41. The number of unbranched alkanes of at least 4 members (excludes halogenated alkanes) is 6. The lowest BCUT2D eigenvalue weighted by molar-refractivity contribution is 0.222. The van der Waals surface area contributed by atoms with Gasteiger partial charge in [-0.1, -0.05) is 72.1 Å². The summed E-state index contributed by atoms with van der Waals surface area (Å²) in [6, 6.07) is 0. The predicted molar refractivity (Wildman–Crippen MR) is 76.0 cm³/mol. The van der Waals surface area contributed by atoms with E-state index in [0.29, 0.717) is 12.8 Å². The molecule has 0 heterocycles. The minimum atomic E-state index is -2.13. The van der Waals surface area contributed by atoms with Crippen LogP contribution in [-0.2, 0) is 0 Å². The molecule has 0 rings (SSSR count). The van der Waals surface area contributed by atoms with Crippen LogP contribution in [0.25, 0.3) is 0 Å². The summed E-state index contributed by atoms with van der Waals surface area (Å²) in [4.78, 5) is 0. The molecule has 3 heteroatoms. The zero-order chi connectivity index (χ0) is 14.7. The van der Waals surface area contributed by atoms with Crippen LogP contribution in [0.2, 0.25) is 0 Å². The lowest BCUT2D eigenvalue weighted by atomic mass is 9.78. The zero-order valence-electron chi connectivity index (χ0n) is 12.7. The van der Waals surface area contributed by atoms with E-state index >= 15 is 0 Å². The third-order valence-corrected chi connectivity index (χ3v) is 3.86. The maximum Gasteiger partial charge on any atom is 0.302 e. The molecule has 0 nitrogen and oxygen atoms in total. The largest absolute Gasteiger partial charge is 0.302 e. The van der Waals surface area contributed by atoms with Gasteiger partial charge in [-0.2, -0.15) is 8.78 Å². The molecule has 0 aromatic rings. The van der Waals surface area contributed by atoms with Gasteiger partial charge >= 0.3 is 6.08 Å².